The molecule has 3 aromatic rings. The fourth-order valence-electron chi connectivity index (χ4n) is 4.23. The van der Waals surface area contributed by atoms with Crippen LogP contribution in [0, 0.1) is 5.82 Å². The zero-order chi connectivity index (χ0) is 26.4. The molecule has 1 fully saturated rings. The molecule has 0 unspecified atom stereocenters. The molecule has 0 amide bonds. The number of nitrogens with one attached hydrogen (secondary N) is 1. The number of benzene rings is 2. The summed E-state index contributed by atoms with van der Waals surface area (Å²) in [4.78, 5) is 19.1. The Labute approximate surface area is 221 Å². The summed E-state index contributed by atoms with van der Waals surface area (Å²) in [5.74, 6) is 0.944. The zero-order valence-electron chi connectivity index (χ0n) is 21.2. The van der Waals surface area contributed by atoms with Crippen LogP contribution >= 0.6 is 11.6 Å². The van der Waals surface area contributed by atoms with Gasteiger partial charge in [-0.3, -0.25) is 0 Å². The van der Waals surface area contributed by atoms with Crippen molar-refractivity contribution in [3.8, 4) is 11.5 Å². The van der Waals surface area contributed by atoms with Crippen molar-refractivity contribution in [2.45, 2.75) is 45.6 Å². The third-order valence-corrected chi connectivity index (χ3v) is 6.45. The maximum Gasteiger partial charge on any atom is 0.342 e. The Morgan fingerprint density at radius 3 is 2.81 bits per heavy atom. The number of esters is 1. The van der Waals surface area contributed by atoms with Crippen molar-refractivity contribution >= 4 is 23.4 Å². The molecule has 7 nitrogen and oxygen atoms in total. The monoisotopic (exact) mass is 527 g/mol. The molecule has 0 aliphatic carbocycles. The largest absolute Gasteiger partial charge is 0.493 e. The number of halogens is 2. The third kappa shape index (κ3) is 6.70. The van der Waals surface area contributed by atoms with E-state index in [1.165, 1.54) is 6.07 Å². The molecule has 0 saturated carbocycles. The van der Waals surface area contributed by atoms with Gasteiger partial charge in [-0.2, -0.15) is 0 Å². The van der Waals surface area contributed by atoms with Gasteiger partial charge in [-0.15, -0.1) is 0 Å². The maximum absolute atomic E-state index is 14.1. The summed E-state index contributed by atoms with van der Waals surface area (Å²) in [5, 5.41) is 3.89. The fraction of sp³-hybridized carbons (Fsp3) is 0.357. The molecule has 1 atom stereocenters. The van der Waals surface area contributed by atoms with E-state index in [-0.39, 0.29) is 24.7 Å². The predicted molar refractivity (Wildman–Crippen MR) is 141 cm³/mol. The van der Waals surface area contributed by atoms with Crippen LogP contribution in [0.5, 0.6) is 11.5 Å². The van der Waals surface area contributed by atoms with Crippen LogP contribution in [0.25, 0.3) is 0 Å². The minimum Gasteiger partial charge on any atom is -0.493 e. The molecule has 0 spiro atoms. The highest BCUT2D eigenvalue weighted by Crippen LogP contribution is 2.30. The average molecular weight is 528 g/mol. The Morgan fingerprint density at radius 2 is 2.05 bits per heavy atom. The van der Waals surface area contributed by atoms with Crippen molar-refractivity contribution in [1.82, 2.24) is 10.3 Å². The van der Waals surface area contributed by atoms with Gasteiger partial charge in [0.15, 0.2) is 11.5 Å². The highest BCUT2D eigenvalue weighted by atomic mass is 35.5. The van der Waals surface area contributed by atoms with Crippen molar-refractivity contribution in [2.24, 2.45) is 0 Å². The van der Waals surface area contributed by atoms with E-state index in [1.807, 2.05) is 32.0 Å². The Morgan fingerprint density at radius 1 is 1.22 bits per heavy atom. The summed E-state index contributed by atoms with van der Waals surface area (Å²) >= 11 is 6.10. The molecule has 9 heteroatoms. The molecular formula is C28H31ClFN3O4. The first-order chi connectivity index (χ1) is 17.9. The summed E-state index contributed by atoms with van der Waals surface area (Å²) in [6.45, 7) is 5.79. The van der Waals surface area contributed by atoms with Crippen molar-refractivity contribution in [3.05, 3.63) is 82.3 Å². The molecule has 2 heterocycles. The third-order valence-electron chi connectivity index (χ3n) is 6.09. The highest BCUT2D eigenvalue weighted by molar-refractivity contribution is 6.31. The lowest BCUT2D eigenvalue weighted by molar-refractivity contribution is 0.0378. The number of hydrogen-bond donors (Lipinski definition) is 1. The zero-order valence-corrected chi connectivity index (χ0v) is 21.9. The quantitative estimate of drug-likeness (QED) is 0.354. The molecule has 4 rings (SSSR count). The van der Waals surface area contributed by atoms with Crippen LogP contribution in [0.1, 0.15) is 41.8 Å². The minimum atomic E-state index is -0.410. The van der Waals surface area contributed by atoms with Gasteiger partial charge in [-0.25, -0.2) is 14.2 Å². The van der Waals surface area contributed by atoms with Crippen LogP contribution in [0.4, 0.5) is 10.2 Å². The van der Waals surface area contributed by atoms with E-state index in [0.29, 0.717) is 40.0 Å². The number of nitrogens with zero attached hydrogens (tertiary/aromatic N) is 2. The molecule has 1 aliphatic heterocycles. The molecule has 0 bridgehead atoms. The number of aromatic nitrogens is 1. The van der Waals surface area contributed by atoms with E-state index in [2.05, 4.69) is 15.2 Å². The summed E-state index contributed by atoms with van der Waals surface area (Å²) in [5.41, 5.74) is 1.80. The lowest BCUT2D eigenvalue weighted by Crippen LogP contribution is -2.33. The minimum absolute atomic E-state index is 0.00239. The number of carbonyl (C=O) groups excluding carboxylic acids is 1. The first-order valence-electron chi connectivity index (χ1n) is 12.2. The highest BCUT2D eigenvalue weighted by Gasteiger charge is 2.27. The van der Waals surface area contributed by atoms with Gasteiger partial charge >= 0.3 is 5.97 Å². The summed E-state index contributed by atoms with van der Waals surface area (Å²) in [6.07, 6.45) is 2.41. The van der Waals surface area contributed by atoms with Crippen molar-refractivity contribution < 1.29 is 23.4 Å². The Hall–Kier alpha value is -3.36. The van der Waals surface area contributed by atoms with Gasteiger partial charge in [0.1, 0.15) is 23.8 Å². The van der Waals surface area contributed by atoms with Gasteiger partial charge in [0.25, 0.3) is 0 Å². The normalized spacial score (nSPS) is 15.2. The second-order valence-corrected chi connectivity index (χ2v) is 9.52. The van der Waals surface area contributed by atoms with Crippen LogP contribution in [-0.4, -0.2) is 43.3 Å². The smallest absolute Gasteiger partial charge is 0.342 e. The molecule has 1 aliphatic rings. The molecule has 0 radical (unpaired) electrons. The Balaban J connectivity index is 1.35. The molecule has 1 N–H and O–H groups in total. The van der Waals surface area contributed by atoms with Crippen molar-refractivity contribution in [1.29, 1.82) is 0 Å². The molecule has 196 valence electrons. The van der Waals surface area contributed by atoms with Crippen LogP contribution in [0.15, 0.2) is 54.7 Å². The van der Waals surface area contributed by atoms with E-state index in [4.69, 9.17) is 25.8 Å². The van der Waals surface area contributed by atoms with Gasteiger partial charge in [0.05, 0.1) is 18.2 Å². The number of pyridine rings is 1. The number of hydrogen-bond acceptors (Lipinski definition) is 7. The first kappa shape index (κ1) is 26.7. The first-order valence-corrected chi connectivity index (χ1v) is 12.6. The molecular weight excluding hydrogens is 497 g/mol. The number of carbonyl (C=O) groups is 1. The van der Waals surface area contributed by atoms with Crippen LogP contribution in [-0.2, 0) is 17.9 Å². The topological polar surface area (TPSA) is 72.9 Å². The fourth-order valence-corrected chi connectivity index (χ4v) is 4.45. The summed E-state index contributed by atoms with van der Waals surface area (Å²) in [6, 6.07) is 13.9. The second kappa shape index (κ2) is 12.3. The van der Waals surface area contributed by atoms with Crippen molar-refractivity contribution in [2.75, 3.05) is 25.1 Å². The van der Waals surface area contributed by atoms with Gasteiger partial charge < -0.3 is 24.4 Å². The molecule has 1 saturated heterocycles. The molecule has 37 heavy (non-hydrogen) atoms. The average Bonchev–Trinajstić information content (AvgIpc) is 3.36. The Bertz CT molecular complexity index is 1220. The SMILES string of the molecule is COc1cc(CN[C@H]2CCN(c3ncccc3C(=O)OC(C)C)C2)ccc1OCc1c(F)cccc1Cl. The standard InChI is InChI=1S/C28H31ClFN3O4/c1-18(2)37-28(34)21-6-5-12-31-27(21)33-13-11-20(16-33)32-15-19-9-10-25(26(14-19)35-3)36-17-22-23(29)7-4-8-24(22)30/h4-10,12,14,18,20,32H,11,13,15-17H2,1-3H3/t20-/m0/s1. The lowest BCUT2D eigenvalue weighted by Gasteiger charge is -2.21. The van der Waals surface area contributed by atoms with E-state index < -0.39 is 5.82 Å². The summed E-state index contributed by atoms with van der Waals surface area (Å²) in [7, 11) is 1.57. The van der Waals surface area contributed by atoms with E-state index in [1.54, 1.807) is 37.6 Å². The number of methoxy groups -OCH3 is 1. The predicted octanol–water partition coefficient (Wildman–Crippen LogP) is 5.40. The van der Waals surface area contributed by atoms with Gasteiger partial charge in [-0.05, 0) is 62.2 Å². The number of ether oxygens (including phenoxy) is 3. The molecule has 1 aromatic heterocycles. The van der Waals surface area contributed by atoms with E-state index >= 15 is 0 Å². The molecule has 2 aromatic carbocycles. The van der Waals surface area contributed by atoms with E-state index in [9.17, 15) is 9.18 Å². The Kier molecular flexibility index (Phi) is 8.84. The van der Waals surface area contributed by atoms with Gasteiger partial charge in [0.2, 0.25) is 0 Å². The maximum atomic E-state index is 14.1. The van der Waals surface area contributed by atoms with E-state index in [0.717, 1.165) is 25.1 Å². The number of rotatable bonds is 10. The van der Waals surface area contributed by atoms with Crippen LogP contribution < -0.4 is 19.7 Å². The summed E-state index contributed by atoms with van der Waals surface area (Å²) < 4.78 is 30.8. The lowest BCUT2D eigenvalue weighted by atomic mass is 10.1. The number of anilines is 1. The van der Waals surface area contributed by atoms with Crippen LogP contribution in [0.2, 0.25) is 5.02 Å². The van der Waals surface area contributed by atoms with Gasteiger partial charge in [-0.1, -0.05) is 23.7 Å². The second-order valence-electron chi connectivity index (χ2n) is 9.12. The van der Waals surface area contributed by atoms with Gasteiger partial charge in [0, 0.05) is 37.4 Å². The van der Waals surface area contributed by atoms with Crippen LogP contribution in [0.3, 0.4) is 0 Å². The van der Waals surface area contributed by atoms with Crippen molar-refractivity contribution in [3.63, 3.8) is 0 Å².